The number of ether oxygens (including phenoxy) is 1. The molecular weight excluding hydrogens is 657 g/mol. The first-order valence-corrected chi connectivity index (χ1v) is 17.4. The molecule has 0 unspecified atom stereocenters. The zero-order chi connectivity index (χ0) is 34.1. The quantitative estimate of drug-likeness (QED) is 0.155. The molecule has 0 aromatic heterocycles. The van der Waals surface area contributed by atoms with Crippen LogP contribution in [0.25, 0.3) is 0 Å². The van der Waals surface area contributed by atoms with Crippen molar-refractivity contribution in [2.24, 2.45) is 5.92 Å². The first-order valence-electron chi connectivity index (χ1n) is 15.2. The van der Waals surface area contributed by atoms with Crippen LogP contribution in [0.15, 0.2) is 102 Å². The summed E-state index contributed by atoms with van der Waals surface area (Å²) in [4.78, 5) is 29.9. The van der Waals surface area contributed by atoms with Crippen molar-refractivity contribution in [3.63, 3.8) is 0 Å². The Morgan fingerprint density at radius 1 is 0.851 bits per heavy atom. The third-order valence-electron chi connectivity index (χ3n) is 7.47. The number of sulfonamides is 1. The first kappa shape index (κ1) is 35.8. The predicted octanol–water partition coefficient (Wildman–Crippen LogP) is 6.92. The zero-order valence-corrected chi connectivity index (χ0v) is 29.1. The van der Waals surface area contributed by atoms with Crippen molar-refractivity contribution in [3.05, 3.63) is 124 Å². The van der Waals surface area contributed by atoms with Crippen LogP contribution in [0.2, 0.25) is 10.0 Å². The van der Waals surface area contributed by atoms with E-state index in [0.29, 0.717) is 17.9 Å². The average molecular weight is 697 g/mol. The van der Waals surface area contributed by atoms with Crippen LogP contribution in [-0.4, -0.2) is 51.4 Å². The maximum atomic E-state index is 14.6. The van der Waals surface area contributed by atoms with Gasteiger partial charge in [-0.05, 0) is 66.4 Å². The van der Waals surface area contributed by atoms with E-state index in [1.54, 1.807) is 37.4 Å². The predicted molar refractivity (Wildman–Crippen MR) is 187 cm³/mol. The number of hydrogen-bond acceptors (Lipinski definition) is 5. The number of rotatable bonds is 14. The fourth-order valence-corrected chi connectivity index (χ4v) is 6.91. The number of methoxy groups -OCH3 is 1. The van der Waals surface area contributed by atoms with Crippen molar-refractivity contribution in [3.8, 4) is 5.75 Å². The molecule has 4 rings (SSSR count). The highest BCUT2D eigenvalue weighted by Crippen LogP contribution is 2.30. The van der Waals surface area contributed by atoms with E-state index in [9.17, 15) is 18.0 Å². The average Bonchev–Trinajstić information content (AvgIpc) is 3.04. The topological polar surface area (TPSA) is 96.0 Å². The van der Waals surface area contributed by atoms with Gasteiger partial charge in [0.25, 0.3) is 10.0 Å². The molecule has 0 saturated heterocycles. The van der Waals surface area contributed by atoms with Gasteiger partial charge in [0, 0.05) is 29.6 Å². The van der Waals surface area contributed by atoms with Crippen molar-refractivity contribution in [2.75, 3.05) is 24.5 Å². The first-order chi connectivity index (χ1) is 22.4. The Labute approximate surface area is 287 Å². The van der Waals surface area contributed by atoms with E-state index in [4.69, 9.17) is 27.9 Å². The molecule has 4 aromatic carbocycles. The van der Waals surface area contributed by atoms with Gasteiger partial charge in [0.2, 0.25) is 11.8 Å². The molecule has 0 aliphatic carbocycles. The van der Waals surface area contributed by atoms with Crippen LogP contribution < -0.4 is 14.4 Å². The van der Waals surface area contributed by atoms with Crippen LogP contribution in [0, 0.1) is 12.8 Å². The number of halogens is 2. The Kier molecular flexibility index (Phi) is 12.3. The summed E-state index contributed by atoms with van der Waals surface area (Å²) in [6.45, 7) is 5.60. The molecule has 0 spiro atoms. The van der Waals surface area contributed by atoms with Gasteiger partial charge in [-0.25, -0.2) is 8.42 Å². The summed E-state index contributed by atoms with van der Waals surface area (Å²) in [7, 11) is -2.75. The van der Waals surface area contributed by atoms with Crippen LogP contribution in [0.3, 0.4) is 0 Å². The van der Waals surface area contributed by atoms with Crippen molar-refractivity contribution < 1.29 is 22.7 Å². The summed E-state index contributed by atoms with van der Waals surface area (Å²) in [6.07, 6.45) is 0.203. The lowest BCUT2D eigenvalue weighted by Crippen LogP contribution is -2.53. The summed E-state index contributed by atoms with van der Waals surface area (Å²) in [5, 5.41) is 3.39. The number of aryl methyl sites for hydroxylation is 1. The Hall–Kier alpha value is -4.05. The van der Waals surface area contributed by atoms with E-state index in [1.165, 1.54) is 35.2 Å². The fraction of sp³-hybridized carbons (Fsp3) is 0.278. The third kappa shape index (κ3) is 9.73. The van der Waals surface area contributed by atoms with Gasteiger partial charge in [0.1, 0.15) is 18.3 Å². The van der Waals surface area contributed by atoms with E-state index in [0.717, 1.165) is 15.4 Å². The molecule has 0 fully saturated rings. The van der Waals surface area contributed by atoms with Gasteiger partial charge < -0.3 is 15.0 Å². The van der Waals surface area contributed by atoms with Crippen molar-refractivity contribution in [1.29, 1.82) is 0 Å². The van der Waals surface area contributed by atoms with E-state index >= 15 is 0 Å². The summed E-state index contributed by atoms with van der Waals surface area (Å²) in [6, 6.07) is 26.3. The smallest absolute Gasteiger partial charge is 0.264 e. The molecule has 47 heavy (non-hydrogen) atoms. The summed E-state index contributed by atoms with van der Waals surface area (Å²) < 4.78 is 34.8. The number of amides is 2. The van der Waals surface area contributed by atoms with Crippen LogP contribution in [0.1, 0.15) is 30.5 Å². The molecular formula is C36H39Cl2N3O5S. The zero-order valence-electron chi connectivity index (χ0n) is 26.8. The molecule has 0 aliphatic heterocycles. The van der Waals surface area contributed by atoms with Gasteiger partial charge in [-0.3, -0.25) is 13.9 Å². The molecule has 0 heterocycles. The van der Waals surface area contributed by atoms with E-state index < -0.39 is 28.5 Å². The van der Waals surface area contributed by atoms with Gasteiger partial charge >= 0.3 is 0 Å². The van der Waals surface area contributed by atoms with E-state index in [2.05, 4.69) is 5.32 Å². The number of anilines is 1. The van der Waals surface area contributed by atoms with Crippen LogP contribution in [0.4, 0.5) is 5.69 Å². The van der Waals surface area contributed by atoms with E-state index in [-0.39, 0.29) is 45.4 Å². The Balaban J connectivity index is 1.83. The molecule has 11 heteroatoms. The second kappa shape index (κ2) is 16.2. The number of nitrogens with zero attached hydrogens (tertiary/aromatic N) is 2. The minimum Gasteiger partial charge on any atom is -0.497 e. The SMILES string of the molecule is COc1cccc(CN(C(=O)CN(c2cc(Cl)cc(Cl)c2)S(=O)(=O)c2ccc(C)cc2)[C@H](Cc2ccccc2)C(=O)NCC(C)C)c1. The number of carbonyl (C=O) groups excluding carboxylic acids is 2. The second-order valence-corrected chi connectivity index (χ2v) is 14.4. The lowest BCUT2D eigenvalue weighted by Gasteiger charge is -2.34. The van der Waals surface area contributed by atoms with E-state index in [1.807, 2.05) is 57.2 Å². The minimum absolute atomic E-state index is 0.0113. The fourth-order valence-electron chi connectivity index (χ4n) is 4.99. The number of hydrogen-bond donors (Lipinski definition) is 1. The lowest BCUT2D eigenvalue weighted by atomic mass is 10.0. The largest absolute Gasteiger partial charge is 0.497 e. The highest BCUT2D eigenvalue weighted by atomic mass is 35.5. The van der Waals surface area contributed by atoms with Crippen molar-refractivity contribution in [1.82, 2.24) is 10.2 Å². The van der Waals surface area contributed by atoms with Gasteiger partial charge in [0.15, 0.2) is 0 Å². The van der Waals surface area contributed by atoms with Crippen molar-refractivity contribution in [2.45, 2.75) is 44.7 Å². The van der Waals surface area contributed by atoms with Crippen LogP contribution in [-0.2, 0) is 32.6 Å². The molecule has 0 saturated carbocycles. The molecule has 248 valence electrons. The van der Waals surface area contributed by atoms with Crippen LogP contribution in [0.5, 0.6) is 5.75 Å². The molecule has 1 atom stereocenters. The van der Waals surface area contributed by atoms with Gasteiger partial charge in [-0.1, -0.05) is 97.2 Å². The number of carbonyl (C=O) groups is 2. The lowest BCUT2D eigenvalue weighted by molar-refractivity contribution is -0.140. The highest BCUT2D eigenvalue weighted by molar-refractivity contribution is 7.92. The maximum absolute atomic E-state index is 14.6. The molecule has 1 N–H and O–H groups in total. The normalized spacial score (nSPS) is 12.0. The minimum atomic E-state index is -4.29. The van der Waals surface area contributed by atoms with Gasteiger partial charge in [-0.15, -0.1) is 0 Å². The van der Waals surface area contributed by atoms with Crippen LogP contribution >= 0.6 is 23.2 Å². The highest BCUT2D eigenvalue weighted by Gasteiger charge is 2.35. The molecule has 2 amide bonds. The maximum Gasteiger partial charge on any atom is 0.264 e. The molecule has 4 aromatic rings. The van der Waals surface area contributed by atoms with Gasteiger partial charge in [0.05, 0.1) is 17.7 Å². The number of nitrogens with one attached hydrogen (secondary N) is 1. The van der Waals surface area contributed by atoms with Gasteiger partial charge in [-0.2, -0.15) is 0 Å². The second-order valence-electron chi connectivity index (χ2n) is 11.7. The number of benzene rings is 4. The molecule has 0 aliphatic rings. The monoisotopic (exact) mass is 695 g/mol. The molecule has 0 radical (unpaired) electrons. The molecule has 0 bridgehead atoms. The summed E-state index contributed by atoms with van der Waals surface area (Å²) in [5.74, 6) is -0.199. The summed E-state index contributed by atoms with van der Waals surface area (Å²) in [5.41, 5.74) is 2.53. The summed E-state index contributed by atoms with van der Waals surface area (Å²) >= 11 is 12.6. The Bertz CT molecular complexity index is 1760. The van der Waals surface area contributed by atoms with Crippen molar-refractivity contribution >= 4 is 50.7 Å². The third-order valence-corrected chi connectivity index (χ3v) is 9.69. The standard InChI is InChI=1S/C36H39Cl2N3O5S/c1-25(2)22-39-36(43)34(18-27-9-6-5-7-10-27)40(23-28-11-8-12-32(17-28)46-4)35(42)24-41(31-20-29(37)19-30(38)21-31)47(44,45)33-15-13-26(3)14-16-33/h5-17,19-21,25,34H,18,22-24H2,1-4H3,(H,39,43)/t34-/m1/s1. The Morgan fingerprint density at radius 2 is 1.49 bits per heavy atom. The Morgan fingerprint density at radius 3 is 2.11 bits per heavy atom. The molecule has 8 nitrogen and oxygen atoms in total.